The van der Waals surface area contributed by atoms with Crippen LogP contribution >= 0.6 is 0 Å². The topological polar surface area (TPSA) is 35.2 Å². The van der Waals surface area contributed by atoms with Crippen LogP contribution in [0, 0.1) is 0 Å². The van der Waals surface area contributed by atoms with Gasteiger partial charge in [0.15, 0.2) is 0 Å². The molecule has 110 valence electrons. The number of benzene rings is 2. The highest BCUT2D eigenvalue weighted by molar-refractivity contribution is 5.38. The first kappa shape index (κ1) is 14.2. The molecule has 2 atom stereocenters. The third-order valence-electron chi connectivity index (χ3n) is 4.34. The maximum atomic E-state index is 6.36. The number of nitrogens with two attached hydrogens (primary N) is 1. The second-order valence-electron chi connectivity index (χ2n) is 5.75. The van der Waals surface area contributed by atoms with Crippen LogP contribution in [0.3, 0.4) is 0 Å². The molecule has 0 saturated heterocycles. The zero-order chi connectivity index (χ0) is 14.7. The van der Waals surface area contributed by atoms with Crippen LogP contribution < -0.4 is 10.5 Å². The molecule has 3 rings (SSSR count). The van der Waals surface area contributed by atoms with Crippen LogP contribution in [0.4, 0.5) is 0 Å². The Bertz CT molecular complexity index is 608. The molecule has 0 bridgehead atoms. The standard InChI is InChI=1S/C19H23NO/c1-2-17(20)16-11-5-6-12-19(16)21-18-13-7-9-14-8-3-4-10-15(14)18/h3-6,8,10-12,17-18H,2,7,9,13,20H2,1H3. The van der Waals surface area contributed by atoms with E-state index in [1.165, 1.54) is 17.5 Å². The van der Waals surface area contributed by atoms with Crippen molar-refractivity contribution in [3.05, 3.63) is 65.2 Å². The molecule has 0 heterocycles. The lowest BCUT2D eigenvalue weighted by Crippen LogP contribution is -2.17. The molecule has 21 heavy (non-hydrogen) atoms. The molecule has 0 fully saturated rings. The molecule has 2 nitrogen and oxygen atoms in total. The normalized spacial score (nSPS) is 18.9. The molecular formula is C19H23NO. The fourth-order valence-electron chi connectivity index (χ4n) is 3.10. The number of fused-ring (bicyclic) bond motifs is 1. The molecule has 2 heteroatoms. The molecule has 0 saturated carbocycles. The zero-order valence-electron chi connectivity index (χ0n) is 12.6. The summed E-state index contributed by atoms with van der Waals surface area (Å²) in [5.74, 6) is 0.938. The van der Waals surface area contributed by atoms with Crippen molar-refractivity contribution in [2.75, 3.05) is 0 Å². The summed E-state index contributed by atoms with van der Waals surface area (Å²) in [4.78, 5) is 0. The van der Waals surface area contributed by atoms with Crippen molar-refractivity contribution in [2.24, 2.45) is 5.73 Å². The SMILES string of the molecule is CCC(N)c1ccccc1OC1CCCc2ccccc21. The minimum absolute atomic E-state index is 0.0417. The van der Waals surface area contributed by atoms with Crippen molar-refractivity contribution < 1.29 is 4.74 Å². The Hall–Kier alpha value is -1.80. The van der Waals surface area contributed by atoms with Gasteiger partial charge in [0, 0.05) is 11.6 Å². The number of ether oxygens (including phenoxy) is 1. The number of hydrogen-bond donors (Lipinski definition) is 1. The summed E-state index contributed by atoms with van der Waals surface area (Å²) in [5.41, 5.74) is 10.1. The fourth-order valence-corrected chi connectivity index (χ4v) is 3.10. The van der Waals surface area contributed by atoms with E-state index in [9.17, 15) is 0 Å². The van der Waals surface area contributed by atoms with Crippen LogP contribution in [0.25, 0.3) is 0 Å². The molecule has 0 amide bonds. The first-order valence-corrected chi connectivity index (χ1v) is 7.88. The highest BCUT2D eigenvalue weighted by Gasteiger charge is 2.22. The quantitative estimate of drug-likeness (QED) is 0.892. The third kappa shape index (κ3) is 2.96. The number of rotatable bonds is 4. The van der Waals surface area contributed by atoms with Gasteiger partial charge >= 0.3 is 0 Å². The summed E-state index contributed by atoms with van der Waals surface area (Å²) >= 11 is 0. The summed E-state index contributed by atoms with van der Waals surface area (Å²) in [6.45, 7) is 2.11. The van der Waals surface area contributed by atoms with Gasteiger partial charge in [-0.3, -0.25) is 0 Å². The van der Waals surface area contributed by atoms with E-state index in [2.05, 4.69) is 37.3 Å². The minimum atomic E-state index is 0.0417. The van der Waals surface area contributed by atoms with E-state index in [-0.39, 0.29) is 12.1 Å². The smallest absolute Gasteiger partial charge is 0.125 e. The van der Waals surface area contributed by atoms with Crippen LogP contribution in [0.15, 0.2) is 48.5 Å². The van der Waals surface area contributed by atoms with Gasteiger partial charge in [-0.1, -0.05) is 49.4 Å². The highest BCUT2D eigenvalue weighted by Crippen LogP contribution is 2.36. The van der Waals surface area contributed by atoms with E-state index in [0.717, 1.165) is 30.6 Å². The van der Waals surface area contributed by atoms with Crippen molar-refractivity contribution >= 4 is 0 Å². The van der Waals surface area contributed by atoms with Gasteiger partial charge < -0.3 is 10.5 Å². The van der Waals surface area contributed by atoms with Gasteiger partial charge in [0.25, 0.3) is 0 Å². The average molecular weight is 281 g/mol. The third-order valence-corrected chi connectivity index (χ3v) is 4.34. The lowest BCUT2D eigenvalue weighted by Gasteiger charge is -2.28. The number of aryl methyl sites for hydroxylation is 1. The summed E-state index contributed by atoms with van der Waals surface area (Å²) in [5, 5.41) is 0. The Morgan fingerprint density at radius 3 is 2.76 bits per heavy atom. The van der Waals surface area contributed by atoms with E-state index >= 15 is 0 Å². The zero-order valence-corrected chi connectivity index (χ0v) is 12.6. The molecule has 1 aliphatic rings. The van der Waals surface area contributed by atoms with Crippen LogP contribution in [0.2, 0.25) is 0 Å². The second kappa shape index (κ2) is 6.31. The van der Waals surface area contributed by atoms with E-state index in [0.29, 0.717) is 0 Å². The fraction of sp³-hybridized carbons (Fsp3) is 0.368. The van der Waals surface area contributed by atoms with Gasteiger partial charge in [-0.2, -0.15) is 0 Å². The van der Waals surface area contributed by atoms with E-state index in [1.807, 2.05) is 18.2 Å². The van der Waals surface area contributed by atoms with Crippen LogP contribution in [-0.4, -0.2) is 0 Å². The largest absolute Gasteiger partial charge is 0.485 e. The van der Waals surface area contributed by atoms with Gasteiger partial charge in [-0.25, -0.2) is 0 Å². The van der Waals surface area contributed by atoms with E-state index in [4.69, 9.17) is 10.5 Å². The van der Waals surface area contributed by atoms with Gasteiger partial charge in [0.1, 0.15) is 11.9 Å². The lowest BCUT2D eigenvalue weighted by molar-refractivity contribution is 0.180. The maximum Gasteiger partial charge on any atom is 0.125 e. The molecule has 0 radical (unpaired) electrons. The van der Waals surface area contributed by atoms with E-state index < -0.39 is 0 Å². The Morgan fingerprint density at radius 1 is 1.14 bits per heavy atom. The summed E-state index contributed by atoms with van der Waals surface area (Å²) in [6, 6.07) is 16.9. The Morgan fingerprint density at radius 2 is 1.90 bits per heavy atom. The van der Waals surface area contributed by atoms with Crippen LogP contribution in [-0.2, 0) is 6.42 Å². The Kier molecular flexibility index (Phi) is 4.26. The van der Waals surface area contributed by atoms with Gasteiger partial charge in [-0.05, 0) is 42.9 Å². The predicted octanol–water partition coefficient (Wildman–Crippen LogP) is 4.55. The van der Waals surface area contributed by atoms with Gasteiger partial charge in [-0.15, -0.1) is 0 Å². The minimum Gasteiger partial charge on any atom is -0.485 e. The predicted molar refractivity (Wildman–Crippen MR) is 86.4 cm³/mol. The lowest BCUT2D eigenvalue weighted by atomic mass is 9.89. The Labute approximate surface area is 126 Å². The molecule has 0 spiro atoms. The molecule has 2 N–H and O–H groups in total. The average Bonchev–Trinajstić information content (AvgIpc) is 2.55. The first-order valence-electron chi connectivity index (χ1n) is 7.88. The van der Waals surface area contributed by atoms with E-state index in [1.54, 1.807) is 0 Å². The molecule has 2 aromatic carbocycles. The molecule has 2 unspecified atom stereocenters. The van der Waals surface area contributed by atoms with Crippen molar-refractivity contribution in [3.63, 3.8) is 0 Å². The summed E-state index contributed by atoms with van der Waals surface area (Å²) < 4.78 is 6.36. The van der Waals surface area contributed by atoms with Crippen molar-refractivity contribution in [1.82, 2.24) is 0 Å². The van der Waals surface area contributed by atoms with Crippen molar-refractivity contribution in [3.8, 4) is 5.75 Å². The van der Waals surface area contributed by atoms with Crippen molar-refractivity contribution in [1.29, 1.82) is 0 Å². The molecule has 2 aromatic rings. The second-order valence-corrected chi connectivity index (χ2v) is 5.75. The number of hydrogen-bond acceptors (Lipinski definition) is 2. The monoisotopic (exact) mass is 281 g/mol. The molecule has 1 aliphatic carbocycles. The number of para-hydroxylation sites is 1. The van der Waals surface area contributed by atoms with Gasteiger partial charge in [0.2, 0.25) is 0 Å². The Balaban J connectivity index is 1.88. The summed E-state index contributed by atoms with van der Waals surface area (Å²) in [7, 11) is 0. The molecule has 0 aliphatic heterocycles. The van der Waals surface area contributed by atoms with Crippen LogP contribution in [0.5, 0.6) is 5.75 Å². The van der Waals surface area contributed by atoms with Gasteiger partial charge in [0.05, 0.1) is 0 Å². The molecular weight excluding hydrogens is 258 g/mol. The molecule has 0 aromatic heterocycles. The van der Waals surface area contributed by atoms with Crippen LogP contribution in [0.1, 0.15) is 55.0 Å². The summed E-state index contributed by atoms with van der Waals surface area (Å²) in [6.07, 6.45) is 4.49. The highest BCUT2D eigenvalue weighted by atomic mass is 16.5. The van der Waals surface area contributed by atoms with Crippen molar-refractivity contribution in [2.45, 2.75) is 44.8 Å². The maximum absolute atomic E-state index is 6.36. The first-order chi connectivity index (χ1) is 10.3.